The van der Waals surface area contributed by atoms with Crippen molar-refractivity contribution in [2.75, 3.05) is 17.3 Å². The van der Waals surface area contributed by atoms with Crippen molar-refractivity contribution in [2.24, 2.45) is 0 Å². The molecule has 1 aromatic carbocycles. The van der Waals surface area contributed by atoms with Gasteiger partial charge in [0.25, 0.3) is 0 Å². The lowest BCUT2D eigenvalue weighted by molar-refractivity contribution is 0.748. The Balaban J connectivity index is 1.66. The average Bonchev–Trinajstić information content (AvgIpc) is 3.01. The van der Waals surface area contributed by atoms with Crippen molar-refractivity contribution in [2.45, 2.75) is 38.3 Å². The fraction of sp³-hybridized carbons (Fsp3) is 0.412. The molecule has 4 nitrogen and oxygen atoms in total. The normalized spacial score (nSPS) is 15.1. The van der Waals surface area contributed by atoms with Crippen molar-refractivity contribution >= 4 is 11.8 Å². The van der Waals surface area contributed by atoms with Gasteiger partial charge in [-0.05, 0) is 24.5 Å². The number of hydrogen-bond donors (Lipinski definition) is 1. The number of benzene rings is 1. The van der Waals surface area contributed by atoms with E-state index in [1.807, 2.05) is 25.4 Å². The largest absolute Gasteiger partial charge is 0.367 e. The molecule has 1 aliphatic rings. The molecule has 110 valence electrons. The van der Waals surface area contributed by atoms with Gasteiger partial charge in [-0.15, -0.1) is 0 Å². The molecule has 0 unspecified atom stereocenters. The summed E-state index contributed by atoms with van der Waals surface area (Å²) in [5.74, 6) is 1.70. The highest BCUT2D eigenvalue weighted by atomic mass is 15.2. The maximum Gasteiger partial charge on any atom is 0.227 e. The van der Waals surface area contributed by atoms with Gasteiger partial charge in [-0.1, -0.05) is 43.2 Å². The van der Waals surface area contributed by atoms with E-state index in [1.165, 1.54) is 31.2 Å². The molecule has 0 bridgehead atoms. The van der Waals surface area contributed by atoms with Gasteiger partial charge >= 0.3 is 0 Å². The van der Waals surface area contributed by atoms with Gasteiger partial charge in [0.15, 0.2) is 0 Å². The van der Waals surface area contributed by atoms with Crippen LogP contribution in [0, 0.1) is 0 Å². The summed E-state index contributed by atoms with van der Waals surface area (Å²) in [4.78, 5) is 11.1. The SMILES string of the molecule is CN(Cc1ccccc1)c1nccc(NC2CCCC2)n1. The van der Waals surface area contributed by atoms with E-state index in [-0.39, 0.29) is 0 Å². The van der Waals surface area contributed by atoms with E-state index in [4.69, 9.17) is 0 Å². The zero-order chi connectivity index (χ0) is 14.5. The zero-order valence-electron chi connectivity index (χ0n) is 12.5. The first-order valence-electron chi connectivity index (χ1n) is 7.66. The fourth-order valence-corrected chi connectivity index (χ4v) is 2.82. The highest BCUT2D eigenvalue weighted by molar-refractivity contribution is 5.42. The third-order valence-corrected chi connectivity index (χ3v) is 3.95. The van der Waals surface area contributed by atoms with Crippen LogP contribution in [0.15, 0.2) is 42.6 Å². The van der Waals surface area contributed by atoms with Crippen LogP contribution in [0.4, 0.5) is 11.8 Å². The van der Waals surface area contributed by atoms with Crippen LogP contribution < -0.4 is 10.2 Å². The van der Waals surface area contributed by atoms with Crippen molar-refractivity contribution in [3.63, 3.8) is 0 Å². The number of nitrogens with one attached hydrogen (secondary N) is 1. The molecule has 4 heteroatoms. The van der Waals surface area contributed by atoms with Gasteiger partial charge in [0.1, 0.15) is 5.82 Å². The fourth-order valence-electron chi connectivity index (χ4n) is 2.82. The van der Waals surface area contributed by atoms with Crippen LogP contribution in [0.3, 0.4) is 0 Å². The van der Waals surface area contributed by atoms with Crippen molar-refractivity contribution < 1.29 is 0 Å². The smallest absolute Gasteiger partial charge is 0.227 e. The Hall–Kier alpha value is -2.10. The quantitative estimate of drug-likeness (QED) is 0.911. The summed E-state index contributed by atoms with van der Waals surface area (Å²) in [5, 5.41) is 3.52. The summed E-state index contributed by atoms with van der Waals surface area (Å²) in [6.07, 6.45) is 6.98. The van der Waals surface area contributed by atoms with Crippen LogP contribution >= 0.6 is 0 Å². The van der Waals surface area contributed by atoms with Crippen LogP contribution in [0.1, 0.15) is 31.2 Å². The van der Waals surface area contributed by atoms with E-state index < -0.39 is 0 Å². The first-order valence-corrected chi connectivity index (χ1v) is 7.66. The van der Waals surface area contributed by atoms with E-state index in [0.29, 0.717) is 6.04 Å². The van der Waals surface area contributed by atoms with Crippen LogP contribution in [-0.4, -0.2) is 23.1 Å². The third kappa shape index (κ3) is 3.72. The summed E-state index contributed by atoms with van der Waals surface area (Å²) in [6, 6.07) is 12.9. The predicted molar refractivity (Wildman–Crippen MR) is 86.5 cm³/mol. The molecule has 21 heavy (non-hydrogen) atoms. The summed E-state index contributed by atoms with van der Waals surface area (Å²) < 4.78 is 0. The number of nitrogens with zero attached hydrogens (tertiary/aromatic N) is 3. The first-order chi connectivity index (χ1) is 10.3. The second-order valence-electron chi connectivity index (χ2n) is 5.71. The molecule has 0 saturated heterocycles. The van der Waals surface area contributed by atoms with Crippen molar-refractivity contribution in [3.05, 3.63) is 48.2 Å². The minimum atomic E-state index is 0.576. The Kier molecular flexibility index (Phi) is 4.34. The minimum Gasteiger partial charge on any atom is -0.367 e. The van der Waals surface area contributed by atoms with E-state index in [9.17, 15) is 0 Å². The van der Waals surface area contributed by atoms with Gasteiger partial charge < -0.3 is 10.2 Å². The Bertz CT molecular complexity index is 564. The monoisotopic (exact) mass is 282 g/mol. The number of rotatable bonds is 5. The first kappa shape index (κ1) is 13.9. The standard InChI is InChI=1S/C17H22N4/c1-21(13-14-7-3-2-4-8-14)17-18-12-11-16(20-17)19-15-9-5-6-10-15/h2-4,7-8,11-12,15H,5-6,9-10,13H2,1H3,(H,18,19,20). The lowest BCUT2D eigenvalue weighted by Crippen LogP contribution is -2.21. The van der Waals surface area contributed by atoms with E-state index in [0.717, 1.165) is 18.3 Å². The molecule has 1 fully saturated rings. The third-order valence-electron chi connectivity index (χ3n) is 3.95. The summed E-state index contributed by atoms with van der Waals surface area (Å²) >= 11 is 0. The van der Waals surface area contributed by atoms with Crippen LogP contribution in [0.5, 0.6) is 0 Å². The molecule has 0 aliphatic heterocycles. The molecule has 0 atom stereocenters. The minimum absolute atomic E-state index is 0.576. The molecular formula is C17H22N4. The molecule has 1 aromatic heterocycles. The highest BCUT2D eigenvalue weighted by Gasteiger charge is 2.15. The second kappa shape index (κ2) is 6.57. The topological polar surface area (TPSA) is 41.1 Å². The molecule has 0 spiro atoms. The molecule has 1 aliphatic carbocycles. The molecule has 1 saturated carbocycles. The number of hydrogen-bond acceptors (Lipinski definition) is 4. The summed E-state index contributed by atoms with van der Waals surface area (Å²) in [6.45, 7) is 0.813. The summed E-state index contributed by atoms with van der Waals surface area (Å²) in [7, 11) is 2.03. The summed E-state index contributed by atoms with van der Waals surface area (Å²) in [5.41, 5.74) is 1.26. The average molecular weight is 282 g/mol. The Labute approximate surface area is 126 Å². The predicted octanol–water partition coefficient (Wildman–Crippen LogP) is 3.47. The van der Waals surface area contributed by atoms with Gasteiger partial charge in [0.2, 0.25) is 5.95 Å². The second-order valence-corrected chi connectivity index (χ2v) is 5.71. The molecule has 0 radical (unpaired) electrons. The van der Waals surface area contributed by atoms with Crippen molar-refractivity contribution in [3.8, 4) is 0 Å². The highest BCUT2D eigenvalue weighted by Crippen LogP contribution is 2.22. The Morgan fingerprint density at radius 1 is 1.14 bits per heavy atom. The molecule has 0 amide bonds. The van der Waals surface area contributed by atoms with E-state index in [2.05, 4.69) is 44.5 Å². The van der Waals surface area contributed by atoms with Crippen LogP contribution in [-0.2, 0) is 6.54 Å². The molecule has 1 heterocycles. The van der Waals surface area contributed by atoms with Gasteiger partial charge in [-0.2, -0.15) is 4.98 Å². The van der Waals surface area contributed by atoms with Crippen molar-refractivity contribution in [1.29, 1.82) is 0 Å². The van der Waals surface area contributed by atoms with E-state index >= 15 is 0 Å². The number of anilines is 2. The maximum atomic E-state index is 4.64. The Morgan fingerprint density at radius 3 is 2.67 bits per heavy atom. The maximum absolute atomic E-state index is 4.64. The number of aromatic nitrogens is 2. The molecule has 3 rings (SSSR count). The van der Waals surface area contributed by atoms with Gasteiger partial charge in [-0.3, -0.25) is 0 Å². The Morgan fingerprint density at radius 2 is 1.90 bits per heavy atom. The lowest BCUT2D eigenvalue weighted by atomic mass is 10.2. The van der Waals surface area contributed by atoms with Gasteiger partial charge in [-0.25, -0.2) is 4.98 Å². The molecule has 1 N–H and O–H groups in total. The van der Waals surface area contributed by atoms with Gasteiger partial charge in [0, 0.05) is 25.8 Å². The molecule has 2 aromatic rings. The van der Waals surface area contributed by atoms with Crippen LogP contribution in [0.2, 0.25) is 0 Å². The molecular weight excluding hydrogens is 260 g/mol. The van der Waals surface area contributed by atoms with E-state index in [1.54, 1.807) is 0 Å². The van der Waals surface area contributed by atoms with Gasteiger partial charge in [0.05, 0.1) is 0 Å². The van der Waals surface area contributed by atoms with Crippen molar-refractivity contribution in [1.82, 2.24) is 9.97 Å². The lowest BCUT2D eigenvalue weighted by Gasteiger charge is -2.19. The zero-order valence-corrected chi connectivity index (χ0v) is 12.5. The van der Waals surface area contributed by atoms with Crippen LogP contribution in [0.25, 0.3) is 0 Å².